The average Bonchev–Trinajstić information content (AvgIpc) is 2.13. The molecule has 0 N–H and O–H groups in total. The fraction of sp³-hybridized carbons (Fsp3) is 0.462. The third-order valence-corrected chi connectivity index (χ3v) is 2.99. The van der Waals surface area contributed by atoms with Gasteiger partial charge in [0.05, 0.1) is 0 Å². The summed E-state index contributed by atoms with van der Waals surface area (Å²) < 4.78 is 0. The van der Waals surface area contributed by atoms with Crippen LogP contribution in [-0.4, -0.2) is 5.78 Å². The zero-order valence-corrected chi connectivity index (χ0v) is 8.68. The van der Waals surface area contributed by atoms with Crippen LogP contribution in [0.1, 0.15) is 47.2 Å². The van der Waals surface area contributed by atoms with Crippen LogP contribution >= 0.6 is 0 Å². The highest BCUT2D eigenvalue weighted by Crippen LogP contribution is 2.22. The maximum Gasteiger partial charge on any atom is 0.163 e. The van der Waals surface area contributed by atoms with Gasteiger partial charge in [0.25, 0.3) is 0 Å². The minimum atomic E-state index is 0.345. The topological polar surface area (TPSA) is 17.1 Å². The third kappa shape index (κ3) is 1.72. The third-order valence-electron chi connectivity index (χ3n) is 2.99. The number of carbonyl (C=O) groups excluding carboxylic acids is 1. The van der Waals surface area contributed by atoms with E-state index in [9.17, 15) is 4.79 Å². The maximum atomic E-state index is 11.9. The average molecular weight is 188 g/mol. The molecule has 1 aromatic rings. The van der Waals surface area contributed by atoms with E-state index in [1.54, 1.807) is 0 Å². The molecule has 1 nitrogen and oxygen atoms in total. The molecule has 2 rings (SSSR count). The summed E-state index contributed by atoms with van der Waals surface area (Å²) in [5, 5.41) is 0. The molecule has 0 amide bonds. The Labute approximate surface area is 85.1 Å². The zero-order valence-electron chi connectivity index (χ0n) is 8.68. The Balaban J connectivity index is 2.46. The standard InChI is InChI=1S/C13H16O/c1-10-6-5-8-11-7-3-2-4-9-12(14)13(10)11/h5-6,8H,2-4,7,9H2,1H3. The van der Waals surface area contributed by atoms with Crippen LogP contribution in [0.2, 0.25) is 0 Å². The van der Waals surface area contributed by atoms with Gasteiger partial charge in [-0.15, -0.1) is 0 Å². The molecule has 0 spiro atoms. The van der Waals surface area contributed by atoms with E-state index < -0.39 is 0 Å². The summed E-state index contributed by atoms with van der Waals surface area (Å²) in [6.45, 7) is 2.04. The van der Waals surface area contributed by atoms with Crippen molar-refractivity contribution in [3.63, 3.8) is 0 Å². The van der Waals surface area contributed by atoms with Crippen LogP contribution < -0.4 is 0 Å². The second kappa shape index (κ2) is 3.95. The molecule has 0 radical (unpaired) electrons. The number of fused-ring (bicyclic) bond motifs is 1. The SMILES string of the molecule is Cc1cccc2c1C(=O)CCCCC2. The minimum Gasteiger partial charge on any atom is -0.294 e. The first-order valence-corrected chi connectivity index (χ1v) is 5.41. The predicted octanol–water partition coefficient (Wildman–Crippen LogP) is 3.29. The van der Waals surface area contributed by atoms with Gasteiger partial charge in [-0.05, 0) is 37.3 Å². The summed E-state index contributed by atoms with van der Waals surface area (Å²) in [5.74, 6) is 0.345. The van der Waals surface area contributed by atoms with Gasteiger partial charge in [-0.3, -0.25) is 4.79 Å². The highest BCUT2D eigenvalue weighted by molar-refractivity contribution is 5.98. The van der Waals surface area contributed by atoms with Crippen molar-refractivity contribution in [1.82, 2.24) is 0 Å². The lowest BCUT2D eigenvalue weighted by Gasteiger charge is -2.14. The number of benzene rings is 1. The van der Waals surface area contributed by atoms with Crippen LogP contribution in [0.15, 0.2) is 18.2 Å². The summed E-state index contributed by atoms with van der Waals surface area (Å²) in [4.78, 5) is 11.9. The molecule has 0 atom stereocenters. The number of rotatable bonds is 0. The molecule has 1 aromatic carbocycles. The Hall–Kier alpha value is -1.11. The van der Waals surface area contributed by atoms with Gasteiger partial charge in [0.15, 0.2) is 5.78 Å². The lowest BCUT2D eigenvalue weighted by molar-refractivity contribution is 0.0975. The monoisotopic (exact) mass is 188 g/mol. The summed E-state index contributed by atoms with van der Waals surface area (Å²) in [6.07, 6.45) is 5.29. The van der Waals surface area contributed by atoms with E-state index in [2.05, 4.69) is 12.1 Å². The van der Waals surface area contributed by atoms with Gasteiger partial charge >= 0.3 is 0 Å². The molecule has 0 unspecified atom stereocenters. The van der Waals surface area contributed by atoms with Crippen LogP contribution in [-0.2, 0) is 6.42 Å². The summed E-state index contributed by atoms with van der Waals surface area (Å²) in [5.41, 5.74) is 3.41. The van der Waals surface area contributed by atoms with Crippen LogP contribution in [0.4, 0.5) is 0 Å². The number of ketones is 1. The van der Waals surface area contributed by atoms with E-state index in [-0.39, 0.29) is 0 Å². The fourth-order valence-corrected chi connectivity index (χ4v) is 2.24. The molecule has 0 heterocycles. The van der Waals surface area contributed by atoms with Crippen molar-refractivity contribution in [3.05, 3.63) is 34.9 Å². The van der Waals surface area contributed by atoms with Crippen LogP contribution in [0.25, 0.3) is 0 Å². The molecule has 1 aliphatic carbocycles. The van der Waals surface area contributed by atoms with E-state index in [0.29, 0.717) is 5.78 Å². The molecule has 0 fully saturated rings. The van der Waals surface area contributed by atoms with E-state index in [4.69, 9.17) is 0 Å². The van der Waals surface area contributed by atoms with Crippen molar-refractivity contribution >= 4 is 5.78 Å². The van der Waals surface area contributed by atoms with Gasteiger partial charge < -0.3 is 0 Å². The zero-order chi connectivity index (χ0) is 9.97. The minimum absolute atomic E-state index is 0.345. The molecule has 0 saturated heterocycles. The molecule has 1 heteroatoms. The lowest BCUT2D eigenvalue weighted by atomic mass is 9.90. The van der Waals surface area contributed by atoms with E-state index >= 15 is 0 Å². The Bertz CT molecular complexity index is 352. The molecular weight excluding hydrogens is 172 g/mol. The Kier molecular flexibility index (Phi) is 2.67. The largest absolute Gasteiger partial charge is 0.294 e. The quantitative estimate of drug-likeness (QED) is 0.610. The highest BCUT2D eigenvalue weighted by Gasteiger charge is 2.15. The molecular formula is C13H16O. The van der Waals surface area contributed by atoms with Crippen LogP contribution in [0.3, 0.4) is 0 Å². The van der Waals surface area contributed by atoms with Crippen molar-refractivity contribution < 1.29 is 4.79 Å². The molecule has 14 heavy (non-hydrogen) atoms. The Morgan fingerprint density at radius 3 is 2.71 bits per heavy atom. The van der Waals surface area contributed by atoms with E-state index in [1.807, 2.05) is 13.0 Å². The number of hydrogen-bond acceptors (Lipinski definition) is 1. The Morgan fingerprint density at radius 1 is 1.07 bits per heavy atom. The van der Waals surface area contributed by atoms with Gasteiger partial charge in [0, 0.05) is 12.0 Å². The normalized spacial score (nSPS) is 17.1. The summed E-state index contributed by atoms with van der Waals surface area (Å²) in [6, 6.07) is 6.20. The van der Waals surface area contributed by atoms with Crippen LogP contribution in [0.5, 0.6) is 0 Å². The number of aryl methyl sites for hydroxylation is 2. The number of carbonyl (C=O) groups is 1. The first kappa shape index (κ1) is 9.45. The van der Waals surface area contributed by atoms with Crippen molar-refractivity contribution in [1.29, 1.82) is 0 Å². The van der Waals surface area contributed by atoms with Crippen molar-refractivity contribution in [2.24, 2.45) is 0 Å². The molecule has 0 saturated carbocycles. The predicted molar refractivity (Wildman–Crippen MR) is 57.7 cm³/mol. The molecule has 74 valence electrons. The number of Topliss-reactive ketones (excluding diaryl/α,β-unsaturated/α-hetero) is 1. The van der Waals surface area contributed by atoms with Gasteiger partial charge in [-0.2, -0.15) is 0 Å². The smallest absolute Gasteiger partial charge is 0.163 e. The van der Waals surface area contributed by atoms with Crippen molar-refractivity contribution in [2.75, 3.05) is 0 Å². The first-order valence-electron chi connectivity index (χ1n) is 5.41. The second-order valence-electron chi connectivity index (χ2n) is 4.09. The first-order chi connectivity index (χ1) is 6.79. The van der Waals surface area contributed by atoms with Gasteiger partial charge in [0.1, 0.15) is 0 Å². The van der Waals surface area contributed by atoms with Gasteiger partial charge in [-0.25, -0.2) is 0 Å². The highest BCUT2D eigenvalue weighted by atomic mass is 16.1. The van der Waals surface area contributed by atoms with E-state index in [0.717, 1.165) is 30.4 Å². The summed E-state index contributed by atoms with van der Waals surface area (Å²) >= 11 is 0. The molecule has 0 aromatic heterocycles. The maximum absolute atomic E-state index is 11.9. The summed E-state index contributed by atoms with van der Waals surface area (Å²) in [7, 11) is 0. The fourth-order valence-electron chi connectivity index (χ4n) is 2.24. The van der Waals surface area contributed by atoms with Crippen molar-refractivity contribution in [2.45, 2.75) is 39.0 Å². The Morgan fingerprint density at radius 2 is 1.86 bits per heavy atom. The second-order valence-corrected chi connectivity index (χ2v) is 4.09. The van der Waals surface area contributed by atoms with Gasteiger partial charge in [0.2, 0.25) is 0 Å². The number of hydrogen-bond donors (Lipinski definition) is 0. The van der Waals surface area contributed by atoms with Crippen LogP contribution in [0, 0.1) is 6.92 Å². The van der Waals surface area contributed by atoms with E-state index in [1.165, 1.54) is 18.4 Å². The molecule has 1 aliphatic rings. The molecule has 0 aliphatic heterocycles. The molecule has 0 bridgehead atoms. The lowest BCUT2D eigenvalue weighted by Crippen LogP contribution is -2.09. The van der Waals surface area contributed by atoms with Gasteiger partial charge in [-0.1, -0.05) is 24.6 Å². The van der Waals surface area contributed by atoms with Crippen molar-refractivity contribution in [3.8, 4) is 0 Å².